The van der Waals surface area contributed by atoms with Gasteiger partial charge in [0.2, 0.25) is 17.3 Å². The molecular weight excluding hydrogens is 428 g/mol. The average molecular weight is 445 g/mol. The Hall–Kier alpha value is -2.32. The van der Waals surface area contributed by atoms with Crippen LogP contribution in [0.4, 0.5) is 5.69 Å². The van der Waals surface area contributed by atoms with Crippen LogP contribution in [0.25, 0.3) is 11.3 Å². The third kappa shape index (κ3) is 3.59. The maximum absolute atomic E-state index is 6.27. The van der Waals surface area contributed by atoms with Crippen LogP contribution in [0.1, 0.15) is 18.7 Å². The van der Waals surface area contributed by atoms with Gasteiger partial charge in [-0.3, -0.25) is 0 Å². The van der Waals surface area contributed by atoms with Crippen molar-refractivity contribution in [3.63, 3.8) is 0 Å². The minimum atomic E-state index is -0.490. The minimum Gasteiger partial charge on any atom is -0.496 e. The number of fused-ring (bicyclic) bond motifs is 3. The van der Waals surface area contributed by atoms with Crippen LogP contribution >= 0.6 is 27.7 Å². The second-order valence-electron chi connectivity index (χ2n) is 5.76. The smallest absolute Gasteiger partial charge is 0.247 e. The van der Waals surface area contributed by atoms with Crippen LogP contribution in [0.3, 0.4) is 0 Å². The second kappa shape index (κ2) is 7.74. The standard InChI is InChI=1S/C19H17BrN4O2S/c1-3-27-19-22-18-16(23-24-19)12-6-4-5-7-14(12)21-17(26-18)13-10-11(20)8-9-15(13)25-2/h4-10,17,21H,3H2,1-2H3/t17-/m0/s1. The van der Waals surface area contributed by atoms with Crippen LogP contribution < -0.4 is 14.8 Å². The molecule has 0 amide bonds. The van der Waals surface area contributed by atoms with E-state index in [4.69, 9.17) is 9.47 Å². The van der Waals surface area contributed by atoms with Crippen LogP contribution in [0.2, 0.25) is 0 Å². The number of benzene rings is 2. The molecule has 6 nitrogen and oxygen atoms in total. The van der Waals surface area contributed by atoms with Crippen molar-refractivity contribution in [2.24, 2.45) is 0 Å². The number of para-hydroxylation sites is 1. The molecule has 0 saturated carbocycles. The van der Waals surface area contributed by atoms with Gasteiger partial charge in [-0.25, -0.2) is 0 Å². The van der Waals surface area contributed by atoms with Gasteiger partial charge in [-0.15, -0.1) is 10.2 Å². The van der Waals surface area contributed by atoms with Crippen molar-refractivity contribution < 1.29 is 9.47 Å². The van der Waals surface area contributed by atoms with E-state index in [1.54, 1.807) is 7.11 Å². The number of hydrogen-bond acceptors (Lipinski definition) is 7. The topological polar surface area (TPSA) is 69.2 Å². The molecule has 1 aromatic heterocycles. The van der Waals surface area contributed by atoms with Crippen LogP contribution in [0.5, 0.6) is 11.6 Å². The normalized spacial score (nSPS) is 15.0. The van der Waals surface area contributed by atoms with Gasteiger partial charge in [-0.05, 0) is 30.0 Å². The number of nitrogens with zero attached hydrogens (tertiary/aromatic N) is 3. The van der Waals surface area contributed by atoms with Crippen molar-refractivity contribution in [3.05, 3.63) is 52.5 Å². The summed E-state index contributed by atoms with van der Waals surface area (Å²) < 4.78 is 12.7. The highest BCUT2D eigenvalue weighted by molar-refractivity contribution is 9.10. The first-order valence-corrected chi connectivity index (χ1v) is 10.2. The highest BCUT2D eigenvalue weighted by atomic mass is 79.9. The Labute approximate surface area is 169 Å². The van der Waals surface area contributed by atoms with E-state index in [0.717, 1.165) is 32.8 Å². The summed E-state index contributed by atoms with van der Waals surface area (Å²) in [4.78, 5) is 4.59. The SMILES string of the molecule is CCSc1nnc2c(n1)O[C@@H](c1cc(Br)ccc1OC)Nc1ccccc1-2. The number of ether oxygens (including phenoxy) is 2. The third-order valence-corrected chi connectivity index (χ3v) is 5.29. The summed E-state index contributed by atoms with van der Waals surface area (Å²) in [5.41, 5.74) is 3.28. The summed E-state index contributed by atoms with van der Waals surface area (Å²) in [5.74, 6) is 2.03. The van der Waals surface area contributed by atoms with Gasteiger partial charge in [-0.2, -0.15) is 4.98 Å². The van der Waals surface area contributed by atoms with Gasteiger partial charge in [-0.1, -0.05) is 52.8 Å². The van der Waals surface area contributed by atoms with Crippen LogP contribution in [0, 0.1) is 0 Å². The van der Waals surface area contributed by atoms with Gasteiger partial charge >= 0.3 is 0 Å². The predicted octanol–water partition coefficient (Wildman–Crippen LogP) is 4.92. The second-order valence-corrected chi connectivity index (χ2v) is 7.90. The van der Waals surface area contributed by atoms with E-state index in [1.807, 2.05) is 49.4 Å². The van der Waals surface area contributed by atoms with E-state index >= 15 is 0 Å². The van der Waals surface area contributed by atoms with Crippen molar-refractivity contribution in [3.8, 4) is 22.9 Å². The van der Waals surface area contributed by atoms with Gasteiger partial charge < -0.3 is 14.8 Å². The van der Waals surface area contributed by atoms with Gasteiger partial charge in [0.05, 0.1) is 12.7 Å². The highest BCUT2D eigenvalue weighted by Crippen LogP contribution is 2.41. The molecule has 0 fully saturated rings. The van der Waals surface area contributed by atoms with Crippen molar-refractivity contribution in [2.45, 2.75) is 18.3 Å². The van der Waals surface area contributed by atoms with Gasteiger partial charge in [0, 0.05) is 15.7 Å². The van der Waals surface area contributed by atoms with Crippen LogP contribution in [-0.2, 0) is 0 Å². The molecule has 4 rings (SSSR count). The maximum atomic E-state index is 6.27. The summed E-state index contributed by atoms with van der Waals surface area (Å²) in [6.45, 7) is 2.05. The van der Waals surface area contributed by atoms with E-state index < -0.39 is 6.23 Å². The zero-order chi connectivity index (χ0) is 18.8. The molecule has 2 heterocycles. The van der Waals surface area contributed by atoms with Gasteiger partial charge in [0.1, 0.15) is 5.75 Å². The molecule has 1 aliphatic heterocycles. The lowest BCUT2D eigenvalue weighted by Gasteiger charge is -2.21. The van der Waals surface area contributed by atoms with Gasteiger partial charge in [0.25, 0.3) is 0 Å². The molecule has 27 heavy (non-hydrogen) atoms. The Balaban J connectivity index is 1.86. The van der Waals surface area contributed by atoms with E-state index in [0.29, 0.717) is 16.7 Å². The zero-order valence-electron chi connectivity index (χ0n) is 14.8. The lowest BCUT2D eigenvalue weighted by molar-refractivity contribution is 0.219. The van der Waals surface area contributed by atoms with Crippen molar-refractivity contribution in [2.75, 3.05) is 18.2 Å². The summed E-state index contributed by atoms with van der Waals surface area (Å²) in [6.07, 6.45) is -0.490. The Morgan fingerprint density at radius 3 is 2.89 bits per heavy atom. The number of aromatic nitrogens is 3. The van der Waals surface area contributed by atoms with Crippen molar-refractivity contribution in [1.82, 2.24) is 15.2 Å². The van der Waals surface area contributed by atoms with E-state index in [1.165, 1.54) is 11.8 Å². The lowest BCUT2D eigenvalue weighted by atomic mass is 10.1. The number of rotatable bonds is 4. The Morgan fingerprint density at radius 2 is 2.07 bits per heavy atom. The monoisotopic (exact) mass is 444 g/mol. The molecule has 0 spiro atoms. The highest BCUT2D eigenvalue weighted by Gasteiger charge is 2.27. The van der Waals surface area contributed by atoms with Crippen molar-refractivity contribution in [1.29, 1.82) is 0 Å². The largest absolute Gasteiger partial charge is 0.496 e. The quantitative estimate of drug-likeness (QED) is 0.572. The molecule has 138 valence electrons. The molecular formula is C19H17BrN4O2S. The first-order chi connectivity index (χ1) is 13.2. The summed E-state index contributed by atoms with van der Waals surface area (Å²) in [7, 11) is 1.64. The fraction of sp³-hybridized carbons (Fsp3) is 0.211. The first-order valence-electron chi connectivity index (χ1n) is 8.43. The fourth-order valence-corrected chi connectivity index (χ4v) is 3.77. The van der Waals surface area contributed by atoms with E-state index in [-0.39, 0.29) is 0 Å². The molecule has 8 heteroatoms. The average Bonchev–Trinajstić information content (AvgIpc) is 2.84. The molecule has 0 saturated heterocycles. The minimum absolute atomic E-state index is 0.449. The lowest BCUT2D eigenvalue weighted by Crippen LogP contribution is -2.18. The molecule has 1 N–H and O–H groups in total. The molecule has 0 aliphatic carbocycles. The van der Waals surface area contributed by atoms with Crippen LogP contribution in [-0.4, -0.2) is 28.0 Å². The number of hydrogen-bond donors (Lipinski definition) is 1. The number of methoxy groups -OCH3 is 1. The number of halogens is 1. The Bertz CT molecular complexity index is 986. The summed E-state index contributed by atoms with van der Waals surface area (Å²) >= 11 is 5.05. The molecule has 0 bridgehead atoms. The molecule has 2 aromatic carbocycles. The number of thioether (sulfide) groups is 1. The Morgan fingerprint density at radius 1 is 1.22 bits per heavy atom. The predicted molar refractivity (Wildman–Crippen MR) is 109 cm³/mol. The summed E-state index contributed by atoms with van der Waals surface area (Å²) in [5, 5.41) is 12.6. The molecule has 1 atom stereocenters. The van der Waals surface area contributed by atoms with E-state index in [2.05, 4.69) is 36.4 Å². The number of anilines is 1. The van der Waals surface area contributed by atoms with Gasteiger partial charge in [0.15, 0.2) is 5.69 Å². The molecule has 0 unspecified atom stereocenters. The number of nitrogens with one attached hydrogen (secondary N) is 1. The van der Waals surface area contributed by atoms with Crippen molar-refractivity contribution >= 4 is 33.4 Å². The molecule has 1 aliphatic rings. The summed E-state index contributed by atoms with van der Waals surface area (Å²) in [6, 6.07) is 13.7. The first kappa shape index (κ1) is 18.1. The third-order valence-electron chi connectivity index (χ3n) is 4.08. The fourth-order valence-electron chi connectivity index (χ4n) is 2.89. The van der Waals surface area contributed by atoms with E-state index in [9.17, 15) is 0 Å². The molecule has 0 radical (unpaired) electrons. The maximum Gasteiger partial charge on any atom is 0.247 e. The zero-order valence-corrected chi connectivity index (χ0v) is 17.2. The van der Waals surface area contributed by atoms with Crippen LogP contribution in [0.15, 0.2) is 52.1 Å². The molecule has 3 aromatic rings. The Kier molecular flexibility index (Phi) is 5.18.